The summed E-state index contributed by atoms with van der Waals surface area (Å²) in [7, 11) is 0. The molecule has 0 aliphatic rings. The lowest BCUT2D eigenvalue weighted by Crippen LogP contribution is -2.14. The molecule has 0 fully saturated rings. The van der Waals surface area contributed by atoms with Gasteiger partial charge in [0.15, 0.2) is 0 Å². The number of benzene rings is 2. The van der Waals surface area contributed by atoms with Crippen molar-refractivity contribution in [2.75, 3.05) is 5.73 Å². The minimum absolute atomic E-state index is 0.110. The molecule has 0 bridgehead atoms. The van der Waals surface area contributed by atoms with E-state index in [1.165, 1.54) is 0 Å². The van der Waals surface area contributed by atoms with Crippen LogP contribution in [0.4, 0.5) is 5.69 Å². The molecule has 0 amide bonds. The summed E-state index contributed by atoms with van der Waals surface area (Å²) in [5.74, 6) is -2.01. The van der Waals surface area contributed by atoms with Gasteiger partial charge in [-0.2, -0.15) is 0 Å². The van der Waals surface area contributed by atoms with E-state index < -0.39 is 11.9 Å². The first-order valence-corrected chi connectivity index (χ1v) is 6.49. The van der Waals surface area contributed by atoms with Crippen LogP contribution >= 0.6 is 0 Å². The lowest BCUT2D eigenvalue weighted by molar-refractivity contribution is -0.139. The smallest absolute Gasteiger partial charge is 0.311 e. The van der Waals surface area contributed by atoms with Gasteiger partial charge in [-0.05, 0) is 17.7 Å². The molecule has 0 unspecified atom stereocenters. The zero-order valence-electron chi connectivity index (χ0n) is 11.1. The number of nitrogen functional groups attached to an aromatic ring is 1. The molecule has 2 aromatic carbocycles. The fourth-order valence-electron chi connectivity index (χ4n) is 2.62. The number of carboxylic acid groups (broad SMARTS) is 1. The van der Waals surface area contributed by atoms with Gasteiger partial charge in [-0.1, -0.05) is 24.3 Å². The number of para-hydroxylation sites is 1. The molecule has 0 radical (unpaired) electrons. The summed E-state index contributed by atoms with van der Waals surface area (Å²) in [6.07, 6.45) is 0.483. The second kappa shape index (κ2) is 4.94. The van der Waals surface area contributed by atoms with Gasteiger partial charge in [-0.3, -0.25) is 4.79 Å². The normalized spacial score (nSPS) is 12.6. The van der Waals surface area contributed by atoms with E-state index in [4.69, 9.17) is 10.2 Å². The number of anilines is 1. The monoisotopic (exact) mass is 283 g/mol. The van der Waals surface area contributed by atoms with E-state index in [1.54, 1.807) is 12.1 Å². The Labute approximate surface area is 120 Å². The maximum absolute atomic E-state index is 11.3. The zero-order valence-corrected chi connectivity index (χ0v) is 11.1. The Hall–Kier alpha value is -2.82. The maximum atomic E-state index is 11.3. The van der Waals surface area contributed by atoms with Crippen LogP contribution in [-0.2, 0) is 9.59 Å². The third-order valence-electron chi connectivity index (χ3n) is 3.62. The van der Waals surface area contributed by atoms with E-state index in [2.05, 4.69) is 0 Å². The minimum atomic E-state index is -1.07. The van der Waals surface area contributed by atoms with Gasteiger partial charge in [0.1, 0.15) is 17.5 Å². The number of aldehydes is 1. The Morgan fingerprint density at radius 2 is 2.00 bits per heavy atom. The molecule has 3 aromatic rings. The summed E-state index contributed by atoms with van der Waals surface area (Å²) in [6.45, 7) is 0. The predicted molar refractivity (Wildman–Crippen MR) is 79.2 cm³/mol. The van der Waals surface area contributed by atoms with Gasteiger partial charge in [0.05, 0.1) is 11.3 Å². The zero-order chi connectivity index (χ0) is 15.0. The molecule has 5 heteroatoms. The largest absolute Gasteiger partial charge is 0.481 e. The molecule has 3 N–H and O–H groups in total. The van der Waals surface area contributed by atoms with Crippen LogP contribution in [0.3, 0.4) is 0 Å². The number of fused-ring (bicyclic) bond motifs is 3. The topological polar surface area (TPSA) is 93.5 Å². The first kappa shape index (κ1) is 13.2. The van der Waals surface area contributed by atoms with Gasteiger partial charge in [0.2, 0.25) is 0 Å². The Balaban J connectivity index is 2.30. The van der Waals surface area contributed by atoms with Crippen LogP contribution in [-0.4, -0.2) is 17.4 Å². The third kappa shape index (κ3) is 2.03. The number of nitrogens with two attached hydrogens (primary N) is 1. The summed E-state index contributed by atoms with van der Waals surface area (Å²) in [5, 5.41) is 10.8. The Morgan fingerprint density at radius 1 is 1.24 bits per heavy atom. The minimum Gasteiger partial charge on any atom is -0.481 e. The van der Waals surface area contributed by atoms with Crippen LogP contribution in [0.5, 0.6) is 0 Å². The van der Waals surface area contributed by atoms with Gasteiger partial charge >= 0.3 is 5.97 Å². The standard InChI is InChI=1S/C16H13NO4/c17-15-9(10(7-8-18)16(19)20)5-6-13-14(15)11-3-1-2-4-12(11)21-13/h1-6,8,10H,7,17H2,(H,19,20)/t10-/m0/s1. The molecule has 21 heavy (non-hydrogen) atoms. The van der Waals surface area contributed by atoms with Crippen molar-refractivity contribution in [1.29, 1.82) is 0 Å². The number of aliphatic carboxylic acids is 1. The first-order valence-electron chi connectivity index (χ1n) is 6.49. The highest BCUT2D eigenvalue weighted by molar-refractivity contribution is 6.12. The number of hydrogen-bond acceptors (Lipinski definition) is 4. The molecule has 0 aliphatic heterocycles. The van der Waals surface area contributed by atoms with Crippen LogP contribution in [0.25, 0.3) is 21.9 Å². The van der Waals surface area contributed by atoms with E-state index in [-0.39, 0.29) is 6.42 Å². The van der Waals surface area contributed by atoms with Crippen molar-refractivity contribution < 1.29 is 19.1 Å². The van der Waals surface area contributed by atoms with Gasteiger partial charge in [-0.25, -0.2) is 0 Å². The molecule has 106 valence electrons. The highest BCUT2D eigenvalue weighted by Crippen LogP contribution is 2.37. The summed E-state index contributed by atoms with van der Waals surface area (Å²) in [5.41, 5.74) is 8.25. The maximum Gasteiger partial charge on any atom is 0.311 e. The molecule has 0 saturated heterocycles. The lowest BCUT2D eigenvalue weighted by atomic mass is 9.93. The molecule has 1 atom stereocenters. The quantitative estimate of drug-likeness (QED) is 0.567. The molecular weight excluding hydrogens is 270 g/mol. The van der Waals surface area contributed by atoms with Crippen molar-refractivity contribution in [1.82, 2.24) is 0 Å². The molecule has 1 heterocycles. The summed E-state index contributed by atoms with van der Waals surface area (Å²) in [4.78, 5) is 22.0. The molecule has 3 rings (SSSR count). The second-order valence-corrected chi connectivity index (χ2v) is 4.83. The molecule has 0 spiro atoms. The predicted octanol–water partition coefficient (Wildman–Crippen LogP) is 2.93. The molecule has 1 aromatic heterocycles. The fraction of sp³-hybridized carbons (Fsp3) is 0.125. The van der Waals surface area contributed by atoms with Crippen LogP contribution in [0.15, 0.2) is 40.8 Å². The van der Waals surface area contributed by atoms with Gasteiger partial charge in [0.25, 0.3) is 0 Å². The van der Waals surface area contributed by atoms with Crippen molar-refractivity contribution in [2.24, 2.45) is 0 Å². The molecular formula is C16H13NO4. The summed E-state index contributed by atoms with van der Waals surface area (Å²) >= 11 is 0. The first-order chi connectivity index (χ1) is 10.1. The summed E-state index contributed by atoms with van der Waals surface area (Å²) in [6, 6.07) is 10.7. The third-order valence-corrected chi connectivity index (χ3v) is 3.62. The van der Waals surface area contributed by atoms with E-state index in [0.29, 0.717) is 34.1 Å². The number of carbonyl (C=O) groups excluding carboxylic acids is 1. The average Bonchev–Trinajstić information content (AvgIpc) is 2.84. The SMILES string of the molecule is Nc1c([C@H](CC=O)C(=O)O)ccc2oc3ccccc3c12. The van der Waals surface area contributed by atoms with Gasteiger partial charge in [-0.15, -0.1) is 0 Å². The number of rotatable bonds is 4. The van der Waals surface area contributed by atoms with Crippen LogP contribution in [0.2, 0.25) is 0 Å². The fourth-order valence-corrected chi connectivity index (χ4v) is 2.62. The second-order valence-electron chi connectivity index (χ2n) is 4.83. The van der Waals surface area contributed by atoms with Gasteiger partial charge in [0, 0.05) is 17.5 Å². The Bertz CT molecular complexity index is 850. The van der Waals surface area contributed by atoms with E-state index in [0.717, 1.165) is 5.39 Å². The molecule has 0 aliphatic carbocycles. The van der Waals surface area contributed by atoms with Crippen LogP contribution in [0.1, 0.15) is 17.9 Å². The van der Waals surface area contributed by atoms with E-state index in [9.17, 15) is 14.7 Å². The Morgan fingerprint density at radius 3 is 2.71 bits per heavy atom. The van der Waals surface area contributed by atoms with Gasteiger partial charge < -0.3 is 20.1 Å². The number of carboxylic acids is 1. The van der Waals surface area contributed by atoms with Crippen LogP contribution < -0.4 is 5.73 Å². The number of furan rings is 1. The highest BCUT2D eigenvalue weighted by atomic mass is 16.4. The van der Waals surface area contributed by atoms with Crippen molar-refractivity contribution in [3.8, 4) is 0 Å². The molecule has 0 saturated carbocycles. The van der Waals surface area contributed by atoms with E-state index in [1.807, 2.05) is 24.3 Å². The van der Waals surface area contributed by atoms with Crippen molar-refractivity contribution in [3.63, 3.8) is 0 Å². The number of hydrogen-bond donors (Lipinski definition) is 2. The highest BCUT2D eigenvalue weighted by Gasteiger charge is 2.24. The summed E-state index contributed by atoms with van der Waals surface area (Å²) < 4.78 is 5.69. The van der Waals surface area contributed by atoms with Crippen molar-refractivity contribution in [3.05, 3.63) is 42.0 Å². The van der Waals surface area contributed by atoms with Crippen molar-refractivity contribution in [2.45, 2.75) is 12.3 Å². The average molecular weight is 283 g/mol. The van der Waals surface area contributed by atoms with Crippen molar-refractivity contribution >= 4 is 39.9 Å². The lowest BCUT2D eigenvalue weighted by Gasteiger charge is -2.12. The van der Waals surface area contributed by atoms with E-state index >= 15 is 0 Å². The van der Waals surface area contributed by atoms with Crippen LogP contribution in [0, 0.1) is 0 Å². The Kier molecular flexibility index (Phi) is 3.10. The molecule has 5 nitrogen and oxygen atoms in total. The number of carbonyl (C=O) groups is 2.